The number of aromatic nitrogens is 2. The number of nitrogens with two attached hydrogens (primary N) is 1. The fourth-order valence-corrected chi connectivity index (χ4v) is 1.90. The minimum atomic E-state index is 0.572. The van der Waals surface area contributed by atoms with Crippen LogP contribution in [0.3, 0.4) is 0 Å². The van der Waals surface area contributed by atoms with E-state index < -0.39 is 0 Å². The van der Waals surface area contributed by atoms with Crippen molar-refractivity contribution in [3.05, 3.63) is 46.2 Å². The van der Waals surface area contributed by atoms with E-state index >= 15 is 0 Å². The Morgan fingerprint density at radius 1 is 1.25 bits per heavy atom. The summed E-state index contributed by atoms with van der Waals surface area (Å²) >= 11 is 11.8. The molecule has 3 nitrogen and oxygen atoms in total. The molecule has 2 N–H and O–H groups in total. The number of hydrogen-bond donors (Lipinski definition) is 1. The average molecular weight is 256 g/mol. The molecule has 2 rings (SSSR count). The zero-order chi connectivity index (χ0) is 11.5. The molecule has 0 unspecified atom stereocenters. The minimum absolute atomic E-state index is 0.572. The van der Waals surface area contributed by atoms with Crippen LogP contribution in [0.15, 0.2) is 30.6 Å². The Morgan fingerprint density at radius 3 is 2.69 bits per heavy atom. The molecule has 16 heavy (non-hydrogen) atoms. The van der Waals surface area contributed by atoms with Crippen molar-refractivity contribution < 1.29 is 0 Å². The van der Waals surface area contributed by atoms with Gasteiger partial charge in [0.25, 0.3) is 0 Å². The number of nitrogens with zero attached hydrogens (tertiary/aromatic N) is 2. The zero-order valence-electron chi connectivity index (χ0n) is 8.53. The molecule has 0 aliphatic heterocycles. The highest BCUT2D eigenvalue weighted by molar-refractivity contribution is 6.30. The molecule has 0 saturated heterocycles. The second-order valence-corrected chi connectivity index (χ2v) is 4.29. The quantitative estimate of drug-likeness (QED) is 0.917. The van der Waals surface area contributed by atoms with E-state index in [0.29, 0.717) is 16.6 Å². The summed E-state index contributed by atoms with van der Waals surface area (Å²) in [6.07, 6.45) is 4.11. The Labute approximate surface area is 104 Å². The van der Waals surface area contributed by atoms with Crippen molar-refractivity contribution in [2.24, 2.45) is 5.73 Å². The van der Waals surface area contributed by atoms with Crippen LogP contribution in [0.5, 0.6) is 0 Å². The van der Waals surface area contributed by atoms with Crippen molar-refractivity contribution in [3.8, 4) is 5.69 Å². The Hall–Kier alpha value is -1.03. The normalized spacial score (nSPS) is 10.7. The molecular formula is C11H11Cl2N3. The standard InChI is InChI=1S/C11H11Cl2N3/c12-9-1-2-11(8(5-9)3-4-14)16-7-10(13)6-15-16/h1-2,5-7H,3-4,14H2. The number of benzene rings is 1. The summed E-state index contributed by atoms with van der Waals surface area (Å²) in [7, 11) is 0. The second-order valence-electron chi connectivity index (χ2n) is 3.41. The first kappa shape index (κ1) is 11.5. The van der Waals surface area contributed by atoms with Crippen molar-refractivity contribution in [2.45, 2.75) is 6.42 Å². The van der Waals surface area contributed by atoms with Gasteiger partial charge < -0.3 is 5.73 Å². The van der Waals surface area contributed by atoms with Crippen LogP contribution < -0.4 is 5.73 Å². The first-order valence-electron chi connectivity index (χ1n) is 4.90. The van der Waals surface area contributed by atoms with E-state index in [1.807, 2.05) is 18.2 Å². The van der Waals surface area contributed by atoms with Crippen LogP contribution in [0.4, 0.5) is 0 Å². The van der Waals surface area contributed by atoms with Crippen LogP contribution in [0.25, 0.3) is 5.69 Å². The summed E-state index contributed by atoms with van der Waals surface area (Å²) in [5, 5.41) is 5.46. The monoisotopic (exact) mass is 255 g/mol. The number of halogens is 2. The summed E-state index contributed by atoms with van der Waals surface area (Å²) in [5.41, 5.74) is 7.59. The molecule has 0 aliphatic rings. The van der Waals surface area contributed by atoms with Crippen LogP contribution >= 0.6 is 23.2 Å². The summed E-state index contributed by atoms with van der Waals surface area (Å²) < 4.78 is 1.73. The van der Waals surface area contributed by atoms with Crippen LogP contribution in [-0.2, 0) is 6.42 Å². The van der Waals surface area contributed by atoms with Gasteiger partial charge in [0.1, 0.15) is 0 Å². The molecule has 1 aromatic carbocycles. The Kier molecular flexibility index (Phi) is 3.49. The van der Waals surface area contributed by atoms with Gasteiger partial charge in [0.05, 0.1) is 16.9 Å². The van der Waals surface area contributed by atoms with Gasteiger partial charge in [-0.25, -0.2) is 4.68 Å². The lowest BCUT2D eigenvalue weighted by atomic mass is 10.1. The summed E-state index contributed by atoms with van der Waals surface area (Å²) in [5.74, 6) is 0. The molecule has 0 spiro atoms. The third-order valence-electron chi connectivity index (χ3n) is 2.25. The molecule has 1 aromatic heterocycles. The van der Waals surface area contributed by atoms with Gasteiger partial charge in [-0.3, -0.25) is 0 Å². The van der Waals surface area contributed by atoms with Gasteiger partial charge in [0, 0.05) is 11.2 Å². The number of hydrogen-bond acceptors (Lipinski definition) is 2. The molecule has 0 fully saturated rings. The summed E-state index contributed by atoms with van der Waals surface area (Å²) in [4.78, 5) is 0. The molecule has 1 heterocycles. The van der Waals surface area contributed by atoms with Crippen LogP contribution in [0, 0.1) is 0 Å². The maximum Gasteiger partial charge on any atom is 0.0790 e. The first-order chi connectivity index (χ1) is 7.70. The topological polar surface area (TPSA) is 43.8 Å². The van der Waals surface area contributed by atoms with Gasteiger partial charge in [0.15, 0.2) is 0 Å². The molecule has 0 bridgehead atoms. The molecule has 0 radical (unpaired) electrons. The molecule has 0 amide bonds. The second kappa shape index (κ2) is 4.87. The summed E-state index contributed by atoms with van der Waals surface area (Å²) in [6.45, 7) is 0.572. The van der Waals surface area contributed by atoms with Crippen molar-refractivity contribution in [3.63, 3.8) is 0 Å². The Bertz CT molecular complexity index is 494. The SMILES string of the molecule is NCCc1cc(Cl)ccc1-n1cc(Cl)cn1. The molecule has 84 valence electrons. The highest BCUT2D eigenvalue weighted by Crippen LogP contribution is 2.20. The molecule has 0 atom stereocenters. The van der Waals surface area contributed by atoms with E-state index in [1.54, 1.807) is 17.1 Å². The van der Waals surface area contributed by atoms with E-state index in [1.165, 1.54) is 0 Å². The third-order valence-corrected chi connectivity index (χ3v) is 2.68. The molecular weight excluding hydrogens is 245 g/mol. The summed E-state index contributed by atoms with van der Waals surface area (Å²) in [6, 6.07) is 5.64. The largest absolute Gasteiger partial charge is 0.330 e. The maximum atomic E-state index is 5.95. The van der Waals surface area contributed by atoms with E-state index in [-0.39, 0.29) is 0 Å². The van der Waals surface area contributed by atoms with E-state index in [4.69, 9.17) is 28.9 Å². The molecule has 5 heteroatoms. The first-order valence-corrected chi connectivity index (χ1v) is 5.65. The van der Waals surface area contributed by atoms with Gasteiger partial charge in [-0.1, -0.05) is 23.2 Å². The lowest BCUT2D eigenvalue weighted by Crippen LogP contribution is -2.07. The molecule has 2 aromatic rings. The van der Waals surface area contributed by atoms with Crippen molar-refractivity contribution in [1.82, 2.24) is 9.78 Å². The highest BCUT2D eigenvalue weighted by Gasteiger charge is 2.06. The van der Waals surface area contributed by atoms with Crippen molar-refractivity contribution in [1.29, 1.82) is 0 Å². The average Bonchev–Trinajstić information content (AvgIpc) is 2.65. The predicted octanol–water partition coefficient (Wildman–Crippen LogP) is 2.68. The Balaban J connectivity index is 2.47. The third kappa shape index (κ3) is 2.38. The highest BCUT2D eigenvalue weighted by atomic mass is 35.5. The van der Waals surface area contributed by atoms with Crippen LogP contribution in [-0.4, -0.2) is 16.3 Å². The maximum absolute atomic E-state index is 5.95. The van der Waals surface area contributed by atoms with Gasteiger partial charge in [-0.2, -0.15) is 5.10 Å². The van der Waals surface area contributed by atoms with Crippen molar-refractivity contribution >= 4 is 23.2 Å². The minimum Gasteiger partial charge on any atom is -0.330 e. The molecule has 0 saturated carbocycles. The van der Waals surface area contributed by atoms with E-state index in [9.17, 15) is 0 Å². The van der Waals surface area contributed by atoms with E-state index in [0.717, 1.165) is 17.7 Å². The van der Waals surface area contributed by atoms with Gasteiger partial charge in [0.2, 0.25) is 0 Å². The van der Waals surface area contributed by atoms with Crippen LogP contribution in [0.1, 0.15) is 5.56 Å². The molecule has 0 aliphatic carbocycles. The zero-order valence-corrected chi connectivity index (χ0v) is 10.0. The van der Waals surface area contributed by atoms with Crippen molar-refractivity contribution in [2.75, 3.05) is 6.54 Å². The van der Waals surface area contributed by atoms with Gasteiger partial charge in [-0.05, 0) is 36.7 Å². The van der Waals surface area contributed by atoms with E-state index in [2.05, 4.69) is 5.10 Å². The number of rotatable bonds is 3. The fraction of sp³-hybridized carbons (Fsp3) is 0.182. The predicted molar refractivity (Wildman–Crippen MR) is 66.3 cm³/mol. The van der Waals surface area contributed by atoms with Gasteiger partial charge in [-0.15, -0.1) is 0 Å². The van der Waals surface area contributed by atoms with Crippen LogP contribution in [0.2, 0.25) is 10.0 Å². The van der Waals surface area contributed by atoms with Gasteiger partial charge >= 0.3 is 0 Å². The lowest BCUT2D eigenvalue weighted by Gasteiger charge is -2.08. The smallest absolute Gasteiger partial charge is 0.0790 e. The fourth-order valence-electron chi connectivity index (χ4n) is 1.57. The Morgan fingerprint density at radius 2 is 2.06 bits per heavy atom. The lowest BCUT2D eigenvalue weighted by molar-refractivity contribution is 0.851.